The second-order valence-corrected chi connectivity index (χ2v) is 6.40. The van der Waals surface area contributed by atoms with E-state index in [4.69, 9.17) is 0 Å². The number of fused-ring (bicyclic) bond motifs is 2. The summed E-state index contributed by atoms with van der Waals surface area (Å²) in [7, 11) is 0. The van der Waals surface area contributed by atoms with Gasteiger partial charge in [-0.15, -0.1) is 0 Å². The maximum Gasteiger partial charge on any atom is 0.219 e. The van der Waals surface area contributed by atoms with Gasteiger partial charge in [0.15, 0.2) is 0 Å². The van der Waals surface area contributed by atoms with Crippen molar-refractivity contribution in [1.82, 2.24) is 14.7 Å². The monoisotopic (exact) mass is 265 g/mol. The molecule has 0 unspecified atom stereocenters. The average molecular weight is 265 g/mol. The Morgan fingerprint density at radius 2 is 1.58 bits per heavy atom. The van der Waals surface area contributed by atoms with Gasteiger partial charge in [0.1, 0.15) is 0 Å². The number of amides is 1. The van der Waals surface area contributed by atoms with Crippen molar-refractivity contribution in [2.75, 3.05) is 39.3 Å². The molecule has 3 rings (SSSR count). The summed E-state index contributed by atoms with van der Waals surface area (Å²) in [5.74, 6) is 0.230. The number of carbonyl (C=O) groups excluding carboxylic acids is 1. The van der Waals surface area contributed by atoms with Gasteiger partial charge in [0.25, 0.3) is 0 Å². The van der Waals surface area contributed by atoms with Gasteiger partial charge in [-0.05, 0) is 25.7 Å². The van der Waals surface area contributed by atoms with E-state index in [1.807, 2.05) is 4.90 Å². The molecule has 3 saturated heterocycles. The normalized spacial score (nSPS) is 32.8. The summed E-state index contributed by atoms with van der Waals surface area (Å²) in [6.07, 6.45) is 7.16. The summed E-state index contributed by atoms with van der Waals surface area (Å²) >= 11 is 0. The summed E-state index contributed by atoms with van der Waals surface area (Å²) < 4.78 is 0. The van der Waals surface area contributed by atoms with E-state index in [0.29, 0.717) is 0 Å². The highest BCUT2D eigenvalue weighted by Crippen LogP contribution is 2.34. The van der Waals surface area contributed by atoms with Crippen LogP contribution in [0.3, 0.4) is 0 Å². The van der Waals surface area contributed by atoms with Crippen LogP contribution in [0.5, 0.6) is 0 Å². The number of piperidine rings is 1. The topological polar surface area (TPSA) is 26.8 Å². The quantitative estimate of drug-likeness (QED) is 0.766. The van der Waals surface area contributed by atoms with Crippen LogP contribution in [-0.4, -0.2) is 72.0 Å². The largest absolute Gasteiger partial charge is 0.340 e. The molecule has 2 bridgehead atoms. The highest BCUT2D eigenvalue weighted by molar-refractivity contribution is 5.73. The Hall–Kier alpha value is -0.610. The summed E-state index contributed by atoms with van der Waals surface area (Å²) in [4.78, 5) is 18.6. The summed E-state index contributed by atoms with van der Waals surface area (Å²) in [6, 6.07) is 1.77. The Kier molecular flexibility index (Phi) is 4.08. The maximum atomic E-state index is 11.3. The number of rotatable bonds is 3. The molecule has 19 heavy (non-hydrogen) atoms. The maximum absolute atomic E-state index is 11.3. The summed E-state index contributed by atoms with van der Waals surface area (Å²) in [5.41, 5.74) is 0. The van der Waals surface area contributed by atoms with Gasteiger partial charge in [0.2, 0.25) is 5.91 Å². The van der Waals surface area contributed by atoms with Crippen LogP contribution in [-0.2, 0) is 4.79 Å². The third-order valence-electron chi connectivity index (χ3n) is 5.34. The first-order valence-corrected chi connectivity index (χ1v) is 7.97. The van der Waals surface area contributed by atoms with E-state index in [0.717, 1.165) is 38.3 Å². The minimum atomic E-state index is 0.230. The SMILES string of the molecule is CC(=O)N1CCN(CCN2[C@@H]3CCC[C@H]2CC3)CC1. The second kappa shape index (κ2) is 5.80. The van der Waals surface area contributed by atoms with Crippen molar-refractivity contribution in [3.8, 4) is 0 Å². The van der Waals surface area contributed by atoms with E-state index in [1.54, 1.807) is 6.92 Å². The van der Waals surface area contributed by atoms with Gasteiger partial charge in [-0.1, -0.05) is 6.42 Å². The number of piperazine rings is 1. The van der Waals surface area contributed by atoms with Crippen molar-refractivity contribution in [3.05, 3.63) is 0 Å². The van der Waals surface area contributed by atoms with Crippen molar-refractivity contribution in [2.45, 2.75) is 51.1 Å². The van der Waals surface area contributed by atoms with Gasteiger partial charge in [-0.3, -0.25) is 14.6 Å². The molecule has 0 aromatic carbocycles. The molecule has 4 heteroatoms. The Morgan fingerprint density at radius 1 is 0.947 bits per heavy atom. The highest BCUT2D eigenvalue weighted by atomic mass is 16.2. The zero-order valence-electron chi connectivity index (χ0n) is 12.2. The third kappa shape index (κ3) is 2.95. The predicted octanol–water partition coefficient (Wildman–Crippen LogP) is 1.17. The molecule has 0 saturated carbocycles. The summed E-state index contributed by atoms with van der Waals surface area (Å²) in [6.45, 7) is 8.07. The van der Waals surface area contributed by atoms with Crippen molar-refractivity contribution < 1.29 is 4.79 Å². The number of carbonyl (C=O) groups is 1. The van der Waals surface area contributed by atoms with E-state index in [-0.39, 0.29) is 5.91 Å². The molecule has 0 N–H and O–H groups in total. The molecule has 3 aliphatic heterocycles. The first-order chi connectivity index (χ1) is 9.24. The van der Waals surface area contributed by atoms with Gasteiger partial charge in [0, 0.05) is 58.3 Å². The minimum absolute atomic E-state index is 0.230. The molecule has 0 aromatic rings. The molecular weight excluding hydrogens is 238 g/mol. The first-order valence-electron chi connectivity index (χ1n) is 7.97. The molecule has 108 valence electrons. The number of nitrogens with zero attached hydrogens (tertiary/aromatic N) is 3. The molecule has 3 heterocycles. The molecule has 3 aliphatic rings. The van der Waals surface area contributed by atoms with Gasteiger partial charge < -0.3 is 4.90 Å². The molecule has 3 fully saturated rings. The molecule has 4 nitrogen and oxygen atoms in total. The lowest BCUT2D eigenvalue weighted by Gasteiger charge is -2.38. The number of hydrogen-bond acceptors (Lipinski definition) is 3. The lowest BCUT2D eigenvalue weighted by molar-refractivity contribution is -0.130. The van der Waals surface area contributed by atoms with Crippen LogP contribution in [0.1, 0.15) is 39.0 Å². The molecule has 0 aromatic heterocycles. The molecule has 1 amide bonds. The van der Waals surface area contributed by atoms with E-state index < -0.39 is 0 Å². The second-order valence-electron chi connectivity index (χ2n) is 6.40. The van der Waals surface area contributed by atoms with Crippen LogP contribution in [0.2, 0.25) is 0 Å². The lowest BCUT2D eigenvalue weighted by atomic mass is 10.0. The third-order valence-corrected chi connectivity index (χ3v) is 5.34. The fraction of sp³-hybridized carbons (Fsp3) is 0.933. The average Bonchev–Trinajstić information content (AvgIpc) is 2.65. The van der Waals surface area contributed by atoms with Crippen molar-refractivity contribution in [2.24, 2.45) is 0 Å². The van der Waals surface area contributed by atoms with E-state index in [9.17, 15) is 4.79 Å². The van der Waals surface area contributed by atoms with Crippen LogP contribution in [0.4, 0.5) is 0 Å². The Balaban J connectivity index is 1.42. The molecular formula is C15H27N3O. The van der Waals surface area contributed by atoms with Crippen LogP contribution >= 0.6 is 0 Å². The smallest absolute Gasteiger partial charge is 0.219 e. The highest BCUT2D eigenvalue weighted by Gasteiger charge is 2.36. The van der Waals surface area contributed by atoms with E-state index in [2.05, 4.69) is 9.80 Å². The number of hydrogen-bond donors (Lipinski definition) is 0. The zero-order valence-corrected chi connectivity index (χ0v) is 12.2. The van der Waals surface area contributed by atoms with Crippen molar-refractivity contribution in [1.29, 1.82) is 0 Å². The Labute approximate surface area is 116 Å². The van der Waals surface area contributed by atoms with E-state index >= 15 is 0 Å². The van der Waals surface area contributed by atoms with Crippen LogP contribution in [0.15, 0.2) is 0 Å². The zero-order chi connectivity index (χ0) is 13.2. The fourth-order valence-corrected chi connectivity index (χ4v) is 4.13. The van der Waals surface area contributed by atoms with Gasteiger partial charge >= 0.3 is 0 Å². The van der Waals surface area contributed by atoms with E-state index in [1.165, 1.54) is 45.2 Å². The van der Waals surface area contributed by atoms with Crippen LogP contribution < -0.4 is 0 Å². The van der Waals surface area contributed by atoms with Gasteiger partial charge in [0.05, 0.1) is 0 Å². The van der Waals surface area contributed by atoms with Crippen molar-refractivity contribution in [3.63, 3.8) is 0 Å². The molecule has 0 radical (unpaired) electrons. The van der Waals surface area contributed by atoms with Gasteiger partial charge in [-0.2, -0.15) is 0 Å². The minimum Gasteiger partial charge on any atom is -0.340 e. The Morgan fingerprint density at radius 3 is 2.16 bits per heavy atom. The molecule has 0 aliphatic carbocycles. The first kappa shape index (κ1) is 13.4. The fourth-order valence-electron chi connectivity index (χ4n) is 4.13. The predicted molar refractivity (Wildman–Crippen MR) is 76.1 cm³/mol. The van der Waals surface area contributed by atoms with Crippen LogP contribution in [0.25, 0.3) is 0 Å². The molecule has 0 spiro atoms. The van der Waals surface area contributed by atoms with Crippen molar-refractivity contribution >= 4 is 5.91 Å². The Bertz CT molecular complexity index is 309. The van der Waals surface area contributed by atoms with Gasteiger partial charge in [-0.25, -0.2) is 0 Å². The lowest BCUT2D eigenvalue weighted by Crippen LogP contribution is -2.51. The van der Waals surface area contributed by atoms with Crippen LogP contribution in [0, 0.1) is 0 Å². The standard InChI is InChI=1S/C15H27N3O/c1-13(19)17-10-7-16(8-11-17)9-12-18-14-3-2-4-15(18)6-5-14/h14-15H,2-12H2,1H3/t14-,15+. The summed E-state index contributed by atoms with van der Waals surface area (Å²) in [5, 5.41) is 0. The molecule has 2 atom stereocenters.